The van der Waals surface area contributed by atoms with E-state index in [1.807, 2.05) is 31.2 Å². The van der Waals surface area contributed by atoms with Crippen LogP contribution in [0, 0.1) is 0 Å². The zero-order chi connectivity index (χ0) is 17.3. The second-order valence-corrected chi connectivity index (χ2v) is 6.32. The third kappa shape index (κ3) is 2.96. The number of aromatic nitrogens is 4. The van der Waals surface area contributed by atoms with E-state index in [0.29, 0.717) is 23.5 Å². The maximum atomic E-state index is 12.0. The summed E-state index contributed by atoms with van der Waals surface area (Å²) < 4.78 is 8.50. The van der Waals surface area contributed by atoms with Crippen LogP contribution in [0.4, 0.5) is 0 Å². The van der Waals surface area contributed by atoms with Crippen LogP contribution in [0.5, 0.6) is 5.75 Å². The summed E-state index contributed by atoms with van der Waals surface area (Å²) in [6.07, 6.45) is 0. The number of nitrogens with one attached hydrogen (secondary N) is 1. The van der Waals surface area contributed by atoms with E-state index in [4.69, 9.17) is 4.74 Å². The van der Waals surface area contributed by atoms with Gasteiger partial charge in [-0.15, -0.1) is 11.8 Å². The molecule has 3 aromatic rings. The number of fused-ring (bicyclic) bond motifs is 1. The minimum atomic E-state index is -0.462. The molecule has 0 fully saturated rings. The molecule has 8 heteroatoms. The number of hydrogen-bond acceptors (Lipinski definition) is 5. The van der Waals surface area contributed by atoms with Crippen molar-refractivity contribution in [3.05, 3.63) is 50.9 Å². The van der Waals surface area contributed by atoms with Crippen LogP contribution in [0.3, 0.4) is 0 Å². The van der Waals surface area contributed by atoms with E-state index >= 15 is 0 Å². The standard InChI is InChI=1S/C16H18N4O3S/c1-4-23-10-5-7-11(8-6-10)24-9-12-17-14-13(19(12)2)15(21)18-16(22)20(14)3/h5-8H,4,9H2,1-3H3,(H,18,21,22). The predicted octanol–water partition coefficient (Wildman–Crippen LogP) is 1.65. The Morgan fingerprint density at radius 3 is 2.54 bits per heavy atom. The lowest BCUT2D eigenvalue weighted by molar-refractivity contribution is 0.340. The van der Waals surface area contributed by atoms with Gasteiger partial charge < -0.3 is 9.30 Å². The lowest BCUT2D eigenvalue weighted by Crippen LogP contribution is -2.29. The largest absolute Gasteiger partial charge is 0.494 e. The van der Waals surface area contributed by atoms with Gasteiger partial charge in [0.05, 0.1) is 12.4 Å². The van der Waals surface area contributed by atoms with Crippen molar-refractivity contribution in [3.63, 3.8) is 0 Å². The molecule has 0 spiro atoms. The minimum absolute atomic E-state index is 0.397. The monoisotopic (exact) mass is 346 g/mol. The molecule has 0 bridgehead atoms. The molecular formula is C16H18N4O3S. The van der Waals surface area contributed by atoms with Crippen molar-refractivity contribution in [1.29, 1.82) is 0 Å². The second kappa shape index (κ2) is 6.56. The number of rotatable bonds is 5. The molecule has 1 aromatic carbocycles. The van der Waals surface area contributed by atoms with Crippen molar-refractivity contribution < 1.29 is 4.74 Å². The highest BCUT2D eigenvalue weighted by Crippen LogP contribution is 2.25. The average molecular weight is 346 g/mol. The first kappa shape index (κ1) is 16.4. The molecular weight excluding hydrogens is 328 g/mol. The molecule has 0 radical (unpaired) electrons. The molecule has 3 rings (SSSR count). The molecule has 24 heavy (non-hydrogen) atoms. The number of imidazole rings is 1. The third-order valence-electron chi connectivity index (χ3n) is 3.73. The quantitative estimate of drug-likeness (QED) is 0.711. The Labute approximate surface area is 142 Å². The average Bonchev–Trinajstić information content (AvgIpc) is 2.90. The Bertz CT molecular complexity index is 985. The Kier molecular flexibility index (Phi) is 4.48. The SMILES string of the molecule is CCOc1ccc(SCc2nc3c(c(=O)[nH]c(=O)n3C)n2C)cc1. The lowest BCUT2D eigenvalue weighted by Gasteiger charge is -2.05. The van der Waals surface area contributed by atoms with Crippen LogP contribution >= 0.6 is 11.8 Å². The van der Waals surface area contributed by atoms with Crippen LogP contribution in [-0.4, -0.2) is 25.7 Å². The molecule has 0 amide bonds. The summed E-state index contributed by atoms with van der Waals surface area (Å²) in [4.78, 5) is 31.5. The van der Waals surface area contributed by atoms with Crippen molar-refractivity contribution in [1.82, 2.24) is 19.1 Å². The second-order valence-electron chi connectivity index (χ2n) is 5.27. The van der Waals surface area contributed by atoms with Crippen LogP contribution < -0.4 is 16.0 Å². The summed E-state index contributed by atoms with van der Waals surface area (Å²) in [5, 5.41) is 0. The van der Waals surface area contributed by atoms with Gasteiger partial charge >= 0.3 is 5.69 Å². The van der Waals surface area contributed by atoms with E-state index in [0.717, 1.165) is 16.5 Å². The maximum absolute atomic E-state index is 12.0. The summed E-state index contributed by atoms with van der Waals surface area (Å²) in [7, 11) is 3.38. The van der Waals surface area contributed by atoms with Gasteiger partial charge in [0, 0.05) is 19.0 Å². The number of thioether (sulfide) groups is 1. The number of ether oxygens (including phenoxy) is 1. The van der Waals surface area contributed by atoms with Gasteiger partial charge in [-0.1, -0.05) is 0 Å². The van der Waals surface area contributed by atoms with E-state index in [2.05, 4.69) is 9.97 Å². The first-order chi connectivity index (χ1) is 11.5. The molecule has 1 N–H and O–H groups in total. The number of nitrogens with zero attached hydrogens (tertiary/aromatic N) is 3. The molecule has 0 aliphatic carbocycles. The highest BCUT2D eigenvalue weighted by molar-refractivity contribution is 7.98. The van der Waals surface area contributed by atoms with Crippen LogP contribution in [-0.2, 0) is 19.8 Å². The summed E-state index contributed by atoms with van der Waals surface area (Å²) in [6.45, 7) is 2.59. The molecule has 0 saturated heterocycles. The van der Waals surface area contributed by atoms with Gasteiger partial charge in [0.15, 0.2) is 11.2 Å². The fourth-order valence-corrected chi connectivity index (χ4v) is 3.31. The summed E-state index contributed by atoms with van der Waals surface area (Å²) >= 11 is 1.61. The van der Waals surface area contributed by atoms with E-state index in [1.54, 1.807) is 30.4 Å². The topological polar surface area (TPSA) is 81.9 Å². The molecule has 0 atom stereocenters. The lowest BCUT2D eigenvalue weighted by atomic mass is 10.3. The molecule has 0 unspecified atom stereocenters. The fourth-order valence-electron chi connectivity index (χ4n) is 2.43. The van der Waals surface area contributed by atoms with Gasteiger partial charge in [-0.3, -0.25) is 14.3 Å². The number of H-pyrrole nitrogens is 1. The van der Waals surface area contributed by atoms with Gasteiger partial charge in [0.1, 0.15) is 11.6 Å². The van der Waals surface area contributed by atoms with Gasteiger partial charge in [0.2, 0.25) is 0 Å². The Morgan fingerprint density at radius 2 is 1.88 bits per heavy atom. The molecule has 0 aliphatic rings. The Balaban J connectivity index is 1.87. The van der Waals surface area contributed by atoms with E-state index in [9.17, 15) is 9.59 Å². The summed E-state index contributed by atoms with van der Waals surface area (Å²) in [5.74, 6) is 2.16. The maximum Gasteiger partial charge on any atom is 0.329 e. The van der Waals surface area contributed by atoms with Gasteiger partial charge in [-0.05, 0) is 31.2 Å². The molecule has 2 aromatic heterocycles. The van der Waals surface area contributed by atoms with Crippen molar-refractivity contribution in [2.45, 2.75) is 17.6 Å². The fraction of sp³-hybridized carbons (Fsp3) is 0.312. The third-order valence-corrected chi connectivity index (χ3v) is 4.74. The smallest absolute Gasteiger partial charge is 0.329 e. The van der Waals surface area contributed by atoms with E-state index in [1.165, 1.54) is 4.57 Å². The number of aryl methyl sites for hydroxylation is 2. The number of aromatic amines is 1. The van der Waals surface area contributed by atoms with Crippen molar-refractivity contribution in [2.24, 2.45) is 14.1 Å². The number of hydrogen-bond donors (Lipinski definition) is 1. The molecule has 2 heterocycles. The van der Waals surface area contributed by atoms with Crippen molar-refractivity contribution in [3.8, 4) is 5.75 Å². The normalized spacial score (nSPS) is 11.1. The van der Waals surface area contributed by atoms with Crippen LogP contribution in [0.25, 0.3) is 11.2 Å². The summed E-state index contributed by atoms with van der Waals surface area (Å²) in [5.41, 5.74) is -0.0790. The minimum Gasteiger partial charge on any atom is -0.494 e. The molecule has 0 aliphatic heterocycles. The van der Waals surface area contributed by atoms with Crippen LogP contribution in [0.15, 0.2) is 38.8 Å². The van der Waals surface area contributed by atoms with Crippen LogP contribution in [0.1, 0.15) is 12.7 Å². The van der Waals surface area contributed by atoms with E-state index < -0.39 is 11.2 Å². The first-order valence-corrected chi connectivity index (χ1v) is 8.50. The van der Waals surface area contributed by atoms with Crippen molar-refractivity contribution >= 4 is 22.9 Å². The van der Waals surface area contributed by atoms with Gasteiger partial charge in [-0.25, -0.2) is 9.78 Å². The molecule has 7 nitrogen and oxygen atoms in total. The highest BCUT2D eigenvalue weighted by Gasteiger charge is 2.14. The van der Waals surface area contributed by atoms with Crippen molar-refractivity contribution in [2.75, 3.05) is 6.61 Å². The first-order valence-electron chi connectivity index (χ1n) is 7.51. The van der Waals surface area contributed by atoms with Gasteiger partial charge in [-0.2, -0.15) is 0 Å². The zero-order valence-electron chi connectivity index (χ0n) is 13.7. The highest BCUT2D eigenvalue weighted by atomic mass is 32.2. The Hall–Kier alpha value is -2.48. The zero-order valence-corrected chi connectivity index (χ0v) is 14.5. The number of benzene rings is 1. The predicted molar refractivity (Wildman–Crippen MR) is 93.7 cm³/mol. The molecule has 126 valence electrons. The van der Waals surface area contributed by atoms with Crippen LogP contribution in [0.2, 0.25) is 0 Å². The molecule has 0 saturated carbocycles. The summed E-state index contributed by atoms with van der Waals surface area (Å²) in [6, 6.07) is 7.83. The Morgan fingerprint density at radius 1 is 1.17 bits per heavy atom. The van der Waals surface area contributed by atoms with E-state index in [-0.39, 0.29) is 0 Å². The van der Waals surface area contributed by atoms with Gasteiger partial charge in [0.25, 0.3) is 5.56 Å².